The number of benzene rings is 1. The summed E-state index contributed by atoms with van der Waals surface area (Å²) < 4.78 is 2.39. The number of rotatable bonds is 6. The van der Waals surface area contributed by atoms with E-state index in [0.717, 1.165) is 16.9 Å². The van der Waals surface area contributed by atoms with Crippen LogP contribution in [0.5, 0.6) is 0 Å². The number of fused-ring (bicyclic) bond motifs is 1. The summed E-state index contributed by atoms with van der Waals surface area (Å²) in [5.74, 6) is -0.374. The predicted octanol–water partition coefficient (Wildman–Crippen LogP) is 4.72. The quantitative estimate of drug-likeness (QED) is 0.426. The van der Waals surface area contributed by atoms with Gasteiger partial charge in [-0.1, -0.05) is 41.6 Å². The number of amides is 1. The van der Waals surface area contributed by atoms with Gasteiger partial charge in [-0.05, 0) is 48.9 Å². The number of carboxylic acids is 1. The highest BCUT2D eigenvalue weighted by molar-refractivity contribution is 8.26. The first-order valence-electron chi connectivity index (χ1n) is 9.14. The van der Waals surface area contributed by atoms with E-state index in [9.17, 15) is 9.59 Å². The summed E-state index contributed by atoms with van der Waals surface area (Å²) in [5, 5.41) is 9.45. The number of hydrogen-bond acceptors (Lipinski definition) is 5. The molecular weight excluding hydrogens is 442 g/mol. The van der Waals surface area contributed by atoms with Crippen LogP contribution in [0.15, 0.2) is 53.6 Å². The van der Waals surface area contributed by atoms with Gasteiger partial charge in [-0.25, -0.2) is 4.98 Å². The molecule has 0 atom stereocenters. The minimum Gasteiger partial charge on any atom is -0.481 e. The van der Waals surface area contributed by atoms with Crippen LogP contribution in [-0.2, 0) is 9.59 Å². The number of carbonyl (C=O) groups is 2. The lowest BCUT2D eigenvalue weighted by molar-refractivity contribution is -0.137. The van der Waals surface area contributed by atoms with Gasteiger partial charge in [-0.3, -0.25) is 18.9 Å². The fourth-order valence-electron chi connectivity index (χ4n) is 3.18. The Balaban J connectivity index is 1.68. The first-order chi connectivity index (χ1) is 14.4. The lowest BCUT2D eigenvalue weighted by atomic mass is 10.2. The van der Waals surface area contributed by atoms with Crippen molar-refractivity contribution in [3.05, 3.63) is 64.3 Å². The molecule has 9 heteroatoms. The summed E-state index contributed by atoms with van der Waals surface area (Å²) in [6, 6.07) is 13.2. The molecule has 0 bridgehead atoms. The summed E-state index contributed by atoms with van der Waals surface area (Å²) >= 11 is 12.5. The van der Waals surface area contributed by atoms with Crippen LogP contribution in [0.1, 0.15) is 18.5 Å². The van der Waals surface area contributed by atoms with Crippen molar-refractivity contribution < 1.29 is 14.7 Å². The van der Waals surface area contributed by atoms with Crippen molar-refractivity contribution in [3.8, 4) is 11.4 Å². The van der Waals surface area contributed by atoms with Crippen molar-refractivity contribution in [2.45, 2.75) is 12.8 Å². The Labute approximate surface area is 187 Å². The summed E-state index contributed by atoms with van der Waals surface area (Å²) in [5.41, 5.74) is 2.42. The minimum atomic E-state index is -0.893. The number of aromatic nitrogens is 2. The normalized spacial score (nSPS) is 15.5. The van der Waals surface area contributed by atoms with Gasteiger partial charge in [-0.15, -0.1) is 0 Å². The third kappa shape index (κ3) is 4.12. The van der Waals surface area contributed by atoms with E-state index in [0.29, 0.717) is 26.4 Å². The Morgan fingerprint density at radius 3 is 2.73 bits per heavy atom. The van der Waals surface area contributed by atoms with Gasteiger partial charge < -0.3 is 5.11 Å². The van der Waals surface area contributed by atoms with E-state index < -0.39 is 5.97 Å². The van der Waals surface area contributed by atoms with Gasteiger partial charge in [0.25, 0.3) is 5.91 Å². The van der Waals surface area contributed by atoms with Crippen LogP contribution in [0, 0.1) is 0 Å². The number of carbonyl (C=O) groups excluding carboxylic acids is 1. The monoisotopic (exact) mass is 457 g/mol. The summed E-state index contributed by atoms with van der Waals surface area (Å²) in [6.07, 6.45) is 4.00. The average Bonchev–Trinajstić information content (AvgIpc) is 3.21. The number of aliphatic carboxylic acids is 1. The van der Waals surface area contributed by atoms with Crippen LogP contribution in [0.2, 0.25) is 5.02 Å². The molecule has 0 unspecified atom stereocenters. The molecule has 1 amide bonds. The fraction of sp³-hybridized carbons (Fsp3) is 0.143. The van der Waals surface area contributed by atoms with E-state index in [1.165, 1.54) is 16.7 Å². The smallest absolute Gasteiger partial charge is 0.303 e. The van der Waals surface area contributed by atoms with Crippen LogP contribution in [-0.4, -0.2) is 42.1 Å². The number of hydrogen-bond donors (Lipinski definition) is 1. The number of imidazole rings is 1. The van der Waals surface area contributed by atoms with Crippen molar-refractivity contribution in [1.29, 1.82) is 0 Å². The molecule has 1 saturated heterocycles. The molecule has 1 aliphatic heterocycles. The zero-order valence-corrected chi connectivity index (χ0v) is 18.0. The predicted molar refractivity (Wildman–Crippen MR) is 122 cm³/mol. The highest BCUT2D eigenvalue weighted by atomic mass is 35.5. The molecule has 1 N–H and O–H groups in total. The molecule has 1 aliphatic rings. The van der Waals surface area contributed by atoms with Crippen LogP contribution in [0.3, 0.4) is 0 Å². The Bertz CT molecular complexity index is 1190. The van der Waals surface area contributed by atoms with Gasteiger partial charge in [0.15, 0.2) is 0 Å². The van der Waals surface area contributed by atoms with Gasteiger partial charge in [0, 0.05) is 29.7 Å². The van der Waals surface area contributed by atoms with Gasteiger partial charge in [0.2, 0.25) is 0 Å². The summed E-state index contributed by atoms with van der Waals surface area (Å²) in [6.45, 7) is 0.286. The molecule has 4 rings (SSSR count). The van der Waals surface area contributed by atoms with Gasteiger partial charge in [0.1, 0.15) is 10.1 Å². The topological polar surface area (TPSA) is 74.9 Å². The third-order valence-corrected chi connectivity index (χ3v) is 6.22. The average molecular weight is 458 g/mol. The fourth-order valence-corrected chi connectivity index (χ4v) is 4.59. The zero-order chi connectivity index (χ0) is 21.3. The number of halogens is 1. The minimum absolute atomic E-state index is 0.00769. The number of carboxylic acid groups (broad SMARTS) is 1. The number of thiocarbonyl (C=S) groups is 1. The maximum absolute atomic E-state index is 12.8. The van der Waals surface area contributed by atoms with Crippen molar-refractivity contribution in [2.24, 2.45) is 0 Å². The number of pyridine rings is 1. The van der Waals surface area contributed by atoms with E-state index in [1.54, 1.807) is 6.08 Å². The van der Waals surface area contributed by atoms with E-state index in [-0.39, 0.29) is 18.9 Å². The summed E-state index contributed by atoms with van der Waals surface area (Å²) in [7, 11) is 0. The standard InChI is InChI=1S/C21H16ClN3O3S2/c22-14-8-6-13(7-9-14)19-23-15(16-4-1-2-10-24(16)19)12-17-20(28)25(21(29)30-17)11-3-5-18(26)27/h1-2,4,6-10,12H,3,5,11H2,(H,26,27)/b17-12+. The maximum Gasteiger partial charge on any atom is 0.303 e. The maximum atomic E-state index is 12.8. The Morgan fingerprint density at radius 2 is 2.00 bits per heavy atom. The number of nitrogens with zero attached hydrogens (tertiary/aromatic N) is 3. The molecule has 0 saturated carbocycles. The molecular formula is C21H16ClN3O3S2. The van der Waals surface area contributed by atoms with Crippen LogP contribution in [0.4, 0.5) is 0 Å². The zero-order valence-electron chi connectivity index (χ0n) is 15.6. The second-order valence-electron chi connectivity index (χ2n) is 6.61. The Morgan fingerprint density at radius 1 is 1.23 bits per heavy atom. The highest BCUT2D eigenvalue weighted by Gasteiger charge is 2.32. The van der Waals surface area contributed by atoms with Gasteiger partial charge in [-0.2, -0.15) is 0 Å². The van der Waals surface area contributed by atoms with Crippen LogP contribution >= 0.6 is 35.6 Å². The van der Waals surface area contributed by atoms with E-state index in [4.69, 9.17) is 33.9 Å². The molecule has 1 fully saturated rings. The molecule has 0 spiro atoms. The van der Waals surface area contributed by atoms with Crippen LogP contribution in [0.25, 0.3) is 23.0 Å². The lowest BCUT2D eigenvalue weighted by Crippen LogP contribution is -2.29. The third-order valence-electron chi connectivity index (χ3n) is 4.59. The molecule has 0 aliphatic carbocycles. The molecule has 30 heavy (non-hydrogen) atoms. The van der Waals surface area contributed by atoms with Gasteiger partial charge in [0.05, 0.1) is 16.1 Å². The largest absolute Gasteiger partial charge is 0.481 e. The molecule has 2 aromatic heterocycles. The second kappa shape index (κ2) is 8.59. The van der Waals surface area contributed by atoms with Crippen LogP contribution < -0.4 is 0 Å². The van der Waals surface area contributed by atoms with Crippen molar-refractivity contribution in [2.75, 3.05) is 6.54 Å². The first kappa shape index (κ1) is 20.6. The SMILES string of the molecule is O=C(O)CCCN1C(=O)/C(=C\c2nc(-c3ccc(Cl)cc3)n3ccccc23)SC1=S. The van der Waals surface area contributed by atoms with Crippen molar-refractivity contribution in [3.63, 3.8) is 0 Å². The van der Waals surface area contributed by atoms with Crippen molar-refractivity contribution in [1.82, 2.24) is 14.3 Å². The van der Waals surface area contributed by atoms with E-state index in [2.05, 4.69) is 0 Å². The highest BCUT2D eigenvalue weighted by Crippen LogP contribution is 2.34. The van der Waals surface area contributed by atoms with E-state index in [1.807, 2.05) is 53.1 Å². The summed E-state index contributed by atoms with van der Waals surface area (Å²) in [4.78, 5) is 30.2. The molecule has 0 radical (unpaired) electrons. The Hall–Kier alpha value is -2.68. The molecule has 1 aromatic carbocycles. The molecule has 3 aromatic rings. The molecule has 3 heterocycles. The van der Waals surface area contributed by atoms with E-state index >= 15 is 0 Å². The lowest BCUT2D eigenvalue weighted by Gasteiger charge is -2.13. The molecule has 6 nitrogen and oxygen atoms in total. The van der Waals surface area contributed by atoms with Gasteiger partial charge >= 0.3 is 5.97 Å². The van der Waals surface area contributed by atoms with Crippen molar-refractivity contribution >= 4 is 63.4 Å². The second-order valence-corrected chi connectivity index (χ2v) is 8.73. The Kier molecular flexibility index (Phi) is 5.90. The number of thioether (sulfide) groups is 1. The molecule has 152 valence electrons. The first-order valence-corrected chi connectivity index (χ1v) is 10.7.